The minimum Gasteiger partial charge on any atom is -0.481 e. The second kappa shape index (κ2) is 5.87. The summed E-state index contributed by atoms with van der Waals surface area (Å²) in [7, 11) is -3.52. The van der Waals surface area contributed by atoms with E-state index in [1.807, 2.05) is 0 Å². The third-order valence-corrected chi connectivity index (χ3v) is 5.35. The maximum absolute atomic E-state index is 12.0. The van der Waals surface area contributed by atoms with Crippen molar-refractivity contribution in [2.24, 2.45) is 17.8 Å². The lowest BCUT2D eigenvalue weighted by molar-refractivity contribution is -0.156. The van der Waals surface area contributed by atoms with E-state index in [1.165, 1.54) is 0 Å². The Labute approximate surface area is 112 Å². The number of rotatable bonds is 5. The molecule has 0 amide bonds. The van der Waals surface area contributed by atoms with Crippen LogP contribution in [0.4, 0.5) is 0 Å². The molecule has 0 spiro atoms. The molecule has 8 heteroatoms. The first-order valence-corrected chi connectivity index (χ1v) is 7.69. The summed E-state index contributed by atoms with van der Waals surface area (Å²) < 4.78 is 25.2. The number of carbonyl (C=O) groups is 2. The molecule has 1 fully saturated rings. The van der Waals surface area contributed by atoms with Gasteiger partial charge in [-0.15, -0.1) is 0 Å². The third kappa shape index (κ3) is 3.90. The molecule has 0 saturated carbocycles. The van der Waals surface area contributed by atoms with Crippen molar-refractivity contribution < 1.29 is 28.2 Å². The average Bonchev–Trinajstić information content (AvgIpc) is 2.26. The second-order valence-corrected chi connectivity index (χ2v) is 7.22. The molecule has 0 aromatic heterocycles. The zero-order chi connectivity index (χ0) is 14.8. The number of hydrogen-bond acceptors (Lipinski definition) is 4. The molecule has 1 aliphatic heterocycles. The van der Waals surface area contributed by atoms with Crippen molar-refractivity contribution in [1.29, 1.82) is 0 Å². The van der Waals surface area contributed by atoms with Crippen LogP contribution in [0.25, 0.3) is 0 Å². The number of piperidine rings is 1. The standard InChI is InChI=1S/C11H19NO6S/c1-7(2)6-19(17,18)12-4-3-8(10(13)14)9(5-12)11(15)16/h7-9H,3-6H2,1-2H3,(H,13,14)(H,15,16). The summed E-state index contributed by atoms with van der Waals surface area (Å²) in [5.74, 6) is -4.79. The van der Waals surface area contributed by atoms with Gasteiger partial charge in [0.05, 0.1) is 17.6 Å². The normalized spacial score (nSPS) is 25.4. The Bertz CT molecular complexity index is 458. The van der Waals surface area contributed by atoms with Crippen LogP contribution in [-0.2, 0) is 19.6 Å². The third-order valence-electron chi connectivity index (χ3n) is 3.15. The monoisotopic (exact) mass is 293 g/mol. The lowest BCUT2D eigenvalue weighted by Crippen LogP contribution is -2.49. The van der Waals surface area contributed by atoms with Crippen molar-refractivity contribution in [3.05, 3.63) is 0 Å². The summed E-state index contributed by atoms with van der Waals surface area (Å²) in [6.07, 6.45) is 0.0314. The predicted octanol–water partition coefficient (Wildman–Crippen LogP) is 0.0795. The number of sulfonamides is 1. The Morgan fingerprint density at radius 2 is 1.74 bits per heavy atom. The first-order valence-electron chi connectivity index (χ1n) is 6.08. The fraction of sp³-hybridized carbons (Fsp3) is 0.818. The van der Waals surface area contributed by atoms with Gasteiger partial charge in [0.15, 0.2) is 0 Å². The van der Waals surface area contributed by atoms with Gasteiger partial charge < -0.3 is 10.2 Å². The van der Waals surface area contributed by atoms with Gasteiger partial charge in [-0.25, -0.2) is 12.7 Å². The number of nitrogens with zero attached hydrogens (tertiary/aromatic N) is 1. The molecule has 0 aromatic carbocycles. The van der Waals surface area contributed by atoms with E-state index in [4.69, 9.17) is 10.2 Å². The Kier molecular flexibility index (Phi) is 4.92. The van der Waals surface area contributed by atoms with E-state index in [1.54, 1.807) is 13.8 Å². The van der Waals surface area contributed by atoms with Crippen molar-refractivity contribution >= 4 is 22.0 Å². The Balaban J connectivity index is 2.88. The van der Waals surface area contributed by atoms with Crippen LogP contribution in [0.15, 0.2) is 0 Å². The van der Waals surface area contributed by atoms with E-state index in [9.17, 15) is 18.0 Å². The molecule has 0 bridgehead atoms. The highest BCUT2D eigenvalue weighted by Crippen LogP contribution is 2.26. The highest BCUT2D eigenvalue weighted by molar-refractivity contribution is 7.89. The second-order valence-electron chi connectivity index (χ2n) is 5.21. The highest BCUT2D eigenvalue weighted by atomic mass is 32.2. The molecule has 0 aromatic rings. The average molecular weight is 293 g/mol. The molecule has 0 aliphatic carbocycles. The summed E-state index contributed by atoms with van der Waals surface area (Å²) in [5, 5.41) is 18.0. The van der Waals surface area contributed by atoms with E-state index in [-0.39, 0.29) is 31.2 Å². The minimum atomic E-state index is -3.52. The minimum absolute atomic E-state index is 0.0314. The van der Waals surface area contributed by atoms with E-state index in [0.717, 1.165) is 4.31 Å². The summed E-state index contributed by atoms with van der Waals surface area (Å²) in [5.41, 5.74) is 0. The van der Waals surface area contributed by atoms with E-state index >= 15 is 0 Å². The zero-order valence-electron chi connectivity index (χ0n) is 10.9. The number of carboxylic acid groups (broad SMARTS) is 2. The molecule has 0 radical (unpaired) electrons. The van der Waals surface area contributed by atoms with Gasteiger partial charge in [-0.1, -0.05) is 13.8 Å². The van der Waals surface area contributed by atoms with Crippen LogP contribution in [0.2, 0.25) is 0 Å². The molecular formula is C11H19NO6S. The van der Waals surface area contributed by atoms with Gasteiger partial charge in [0.2, 0.25) is 10.0 Å². The summed E-state index contributed by atoms with van der Waals surface area (Å²) in [4.78, 5) is 22.1. The highest BCUT2D eigenvalue weighted by Gasteiger charge is 2.42. The van der Waals surface area contributed by atoms with E-state index in [0.29, 0.717) is 0 Å². The van der Waals surface area contributed by atoms with Crippen molar-refractivity contribution in [3.63, 3.8) is 0 Å². The Hall–Kier alpha value is -1.15. The number of hydrogen-bond donors (Lipinski definition) is 2. The molecule has 19 heavy (non-hydrogen) atoms. The molecule has 2 N–H and O–H groups in total. The van der Waals surface area contributed by atoms with Crippen molar-refractivity contribution in [2.45, 2.75) is 20.3 Å². The van der Waals surface area contributed by atoms with Gasteiger partial charge in [-0.05, 0) is 12.3 Å². The fourth-order valence-corrected chi connectivity index (χ4v) is 4.07. The first-order chi connectivity index (χ1) is 8.65. The van der Waals surface area contributed by atoms with Gasteiger partial charge in [-0.3, -0.25) is 9.59 Å². The molecule has 1 aliphatic rings. The van der Waals surface area contributed by atoms with Crippen LogP contribution < -0.4 is 0 Å². The topological polar surface area (TPSA) is 112 Å². The Morgan fingerprint density at radius 1 is 1.21 bits per heavy atom. The van der Waals surface area contributed by atoms with Crippen molar-refractivity contribution in [3.8, 4) is 0 Å². The molecule has 2 atom stereocenters. The van der Waals surface area contributed by atoms with Crippen LogP contribution >= 0.6 is 0 Å². The maximum Gasteiger partial charge on any atom is 0.308 e. The quantitative estimate of drug-likeness (QED) is 0.742. The molecule has 1 heterocycles. The van der Waals surface area contributed by atoms with Crippen LogP contribution in [0.1, 0.15) is 20.3 Å². The molecule has 110 valence electrons. The van der Waals surface area contributed by atoms with Crippen molar-refractivity contribution in [1.82, 2.24) is 4.31 Å². The number of carboxylic acids is 2. The lowest BCUT2D eigenvalue weighted by Gasteiger charge is -2.34. The van der Waals surface area contributed by atoms with Gasteiger partial charge in [0.1, 0.15) is 0 Å². The van der Waals surface area contributed by atoms with Gasteiger partial charge >= 0.3 is 11.9 Å². The summed E-state index contributed by atoms with van der Waals surface area (Å²) >= 11 is 0. The molecule has 1 rings (SSSR count). The van der Waals surface area contributed by atoms with E-state index < -0.39 is 33.8 Å². The SMILES string of the molecule is CC(C)CS(=O)(=O)N1CCC(C(=O)O)C(C(=O)O)C1. The lowest BCUT2D eigenvalue weighted by atomic mass is 9.86. The largest absolute Gasteiger partial charge is 0.481 e. The molecule has 1 saturated heterocycles. The van der Waals surface area contributed by atoms with Gasteiger partial charge in [-0.2, -0.15) is 0 Å². The molecular weight excluding hydrogens is 274 g/mol. The fourth-order valence-electron chi connectivity index (χ4n) is 2.25. The first kappa shape index (κ1) is 15.9. The van der Waals surface area contributed by atoms with Crippen molar-refractivity contribution in [2.75, 3.05) is 18.8 Å². The zero-order valence-corrected chi connectivity index (χ0v) is 11.8. The van der Waals surface area contributed by atoms with Crippen LogP contribution in [0, 0.1) is 17.8 Å². The van der Waals surface area contributed by atoms with Gasteiger partial charge in [0.25, 0.3) is 0 Å². The van der Waals surface area contributed by atoms with Crippen LogP contribution in [-0.4, -0.2) is 53.7 Å². The Morgan fingerprint density at radius 3 is 2.16 bits per heavy atom. The summed E-state index contributed by atoms with van der Waals surface area (Å²) in [6.45, 7) is 3.32. The van der Waals surface area contributed by atoms with Gasteiger partial charge in [0, 0.05) is 13.1 Å². The maximum atomic E-state index is 12.0. The predicted molar refractivity (Wildman–Crippen MR) is 67.1 cm³/mol. The van der Waals surface area contributed by atoms with Crippen LogP contribution in [0.3, 0.4) is 0 Å². The molecule has 7 nitrogen and oxygen atoms in total. The summed E-state index contributed by atoms with van der Waals surface area (Å²) in [6, 6.07) is 0. The van der Waals surface area contributed by atoms with Crippen LogP contribution in [0.5, 0.6) is 0 Å². The van der Waals surface area contributed by atoms with E-state index in [2.05, 4.69) is 0 Å². The molecule has 2 unspecified atom stereocenters. The smallest absolute Gasteiger partial charge is 0.308 e. The number of aliphatic carboxylic acids is 2.